The molecule has 20 heteroatoms. The number of carbonyl (C=O) groups is 3. The second-order valence-corrected chi connectivity index (χ2v) is 21.6. The summed E-state index contributed by atoms with van der Waals surface area (Å²) >= 11 is 0. The van der Waals surface area contributed by atoms with Crippen LogP contribution in [0.15, 0.2) is 42.5 Å². The fourth-order valence-electron chi connectivity index (χ4n) is 13.2. The van der Waals surface area contributed by atoms with Crippen molar-refractivity contribution in [2.45, 2.75) is 133 Å². The Hall–Kier alpha value is -5.02. The number of anilines is 2. The maximum atomic E-state index is 17.0. The monoisotopic (exact) mass is 1160 g/mol. The Morgan fingerprint density at radius 1 is 0.937 bits per heavy atom. The molecule has 5 fully saturated rings. The quantitative estimate of drug-likeness (QED) is 0.0966. The van der Waals surface area contributed by atoms with Crippen LogP contribution in [0.4, 0.5) is 20.3 Å². The third-order valence-corrected chi connectivity index (χ3v) is 17.1. The number of phenols is 1. The van der Waals surface area contributed by atoms with Crippen LogP contribution in [-0.4, -0.2) is 163 Å². The fraction of sp³-hybridized carbons (Fsp3) is 0.559. The van der Waals surface area contributed by atoms with E-state index in [2.05, 4.69) is 31.4 Å². The predicted molar refractivity (Wildman–Crippen MR) is 294 cm³/mol. The largest absolute Gasteiger partial charge is 0.662 e. The van der Waals surface area contributed by atoms with Gasteiger partial charge in [-0.25, -0.2) is 13.8 Å². The van der Waals surface area contributed by atoms with Gasteiger partial charge in [0.1, 0.15) is 47.5 Å². The van der Waals surface area contributed by atoms with Crippen molar-refractivity contribution in [2.75, 3.05) is 89.6 Å². The van der Waals surface area contributed by atoms with Crippen molar-refractivity contribution in [2.24, 2.45) is 0 Å². The summed E-state index contributed by atoms with van der Waals surface area (Å²) in [6, 6.07) is 11.6. The first-order valence-corrected chi connectivity index (χ1v) is 28.2. The van der Waals surface area contributed by atoms with Crippen LogP contribution in [0.25, 0.3) is 38.2 Å². The van der Waals surface area contributed by atoms with Gasteiger partial charge in [0, 0.05) is 103 Å². The fourth-order valence-corrected chi connectivity index (χ4v) is 13.2. The average Bonchev–Trinajstić information content (AvgIpc) is 4.29. The molecule has 17 nitrogen and oxygen atoms in total. The number of piperidine rings is 2. The molecule has 2 amide bonds. The van der Waals surface area contributed by atoms with Crippen LogP contribution in [-0.2, 0) is 71.2 Å². The average molecular weight is 1160 g/mol. The van der Waals surface area contributed by atoms with E-state index in [0.29, 0.717) is 102 Å². The molecule has 79 heavy (non-hydrogen) atoms. The number of benzene rings is 3. The molecule has 7 aliphatic rings. The second kappa shape index (κ2) is 26.3. The molecule has 5 saturated heterocycles. The summed E-state index contributed by atoms with van der Waals surface area (Å²) in [4.78, 5) is 59.4. The third kappa shape index (κ3) is 12.1. The van der Waals surface area contributed by atoms with Crippen LogP contribution >= 0.6 is 0 Å². The van der Waals surface area contributed by atoms with Crippen molar-refractivity contribution < 1.29 is 80.3 Å². The van der Waals surface area contributed by atoms with Crippen molar-refractivity contribution in [1.82, 2.24) is 30.1 Å². The molecule has 2 unspecified atom stereocenters. The number of fused-ring (bicyclic) bond motifs is 5. The number of aromatic hydroxyl groups is 1. The number of hydrogen-bond donors (Lipinski definition) is 3. The van der Waals surface area contributed by atoms with Crippen LogP contribution in [0.1, 0.15) is 111 Å². The van der Waals surface area contributed by atoms with Gasteiger partial charge in [0.05, 0.1) is 41.5 Å². The summed E-state index contributed by atoms with van der Waals surface area (Å²) in [5, 5.41) is 26.5. The number of phenolic OH excluding ortho intramolecular Hbond substituents is 1. The van der Waals surface area contributed by atoms with Crippen molar-refractivity contribution in [3.63, 3.8) is 0 Å². The number of likely N-dealkylation sites (N-methyl/N-ethyl adjacent to an activating group) is 1. The van der Waals surface area contributed by atoms with Crippen LogP contribution in [0, 0.1) is 11.6 Å². The van der Waals surface area contributed by atoms with E-state index in [1.807, 2.05) is 19.1 Å². The summed E-state index contributed by atoms with van der Waals surface area (Å²) in [5.41, 5.74) is 4.38. The number of pyridine rings is 1. The molecule has 3 aromatic carbocycles. The van der Waals surface area contributed by atoms with E-state index in [9.17, 15) is 19.5 Å². The number of aliphatic hydroxyl groups excluding tert-OH is 1. The number of carbonyl (C=O) groups excluding carboxylic acids is 3. The van der Waals surface area contributed by atoms with Crippen molar-refractivity contribution in [3.05, 3.63) is 81.8 Å². The number of aromatic nitrogens is 3. The standard InChI is InChI=1S/C34H37F2N5O3.C24H33N4O4.CH4O.Y/c1-2-23-25(35)8-6-20-16-22(42)17-24(27(20)23)30-29(36)31-28-26(37-30)9-7-21-18-43-15-5-14-41(21)32(28)39-33(38-31)44-19-34-10-3-12-40(34)13-4-11-34;1-25-23(30)22(3-2-14-29)28-16-17-15-18(4-5-21(17)24(28)31)27-12-8-20(9-13-27)32-19-6-10-26-11-7-19;1-2;/h6,8,16-17,21,42H,2-5,7,9-15,18-19H2,1H3;4-5,14-15,19-20,22H,2-3,6-13,16H2,1H3,(H,25,30);2H,1H3;/q;-1;;. The van der Waals surface area contributed by atoms with E-state index in [-0.39, 0.29) is 91.3 Å². The SMILES string of the molecule is CCc1c(F)ccc2cc(O)cc(-c3nc4c5c(nc(OCC67CCCN6CCC7)nc5c3F)N3CCCOCC3CC4)c12.CNC(=O)C(CCC=O)N1Cc2cc(N3CCC(OC4CC[N-]CC4)CC3)ccc2C1=O.CO.[Y]. The van der Waals surface area contributed by atoms with Crippen molar-refractivity contribution >= 4 is 51.3 Å². The first kappa shape index (κ1) is 58.6. The molecule has 7 aliphatic heterocycles. The molecule has 3 N–H and O–H groups in total. The number of amides is 2. The maximum Gasteiger partial charge on any atom is 0.319 e. The molecule has 2 aromatic heterocycles. The number of halogens is 2. The zero-order valence-electron chi connectivity index (χ0n) is 45.9. The first-order chi connectivity index (χ1) is 38.1. The van der Waals surface area contributed by atoms with Gasteiger partial charge in [-0.15, -0.1) is 13.1 Å². The Bertz CT molecular complexity index is 2990. The zero-order chi connectivity index (χ0) is 54.5. The van der Waals surface area contributed by atoms with Gasteiger partial charge >= 0.3 is 6.01 Å². The molecule has 2 atom stereocenters. The van der Waals surface area contributed by atoms with E-state index in [1.165, 1.54) is 12.1 Å². The molecule has 0 aliphatic carbocycles. The Kier molecular flexibility index (Phi) is 19.5. The minimum Gasteiger partial charge on any atom is -0.662 e. The number of nitrogens with one attached hydrogen (secondary N) is 1. The van der Waals surface area contributed by atoms with E-state index in [1.54, 1.807) is 24.1 Å². The van der Waals surface area contributed by atoms with Crippen LogP contribution < -0.4 is 19.9 Å². The summed E-state index contributed by atoms with van der Waals surface area (Å²) in [7, 11) is 2.55. The van der Waals surface area contributed by atoms with Gasteiger partial charge in [0.25, 0.3) is 5.91 Å². The van der Waals surface area contributed by atoms with Crippen molar-refractivity contribution in [3.8, 4) is 23.0 Å². The second-order valence-electron chi connectivity index (χ2n) is 21.6. The Morgan fingerprint density at radius 2 is 1.70 bits per heavy atom. The predicted octanol–water partition coefficient (Wildman–Crippen LogP) is 7.80. The number of rotatable bonds is 13. The normalized spacial score (nSPS) is 20.4. The minimum atomic E-state index is -0.631. The van der Waals surface area contributed by atoms with Crippen LogP contribution in [0.2, 0.25) is 0 Å². The van der Waals surface area contributed by atoms with Gasteiger partial charge < -0.3 is 54.6 Å². The summed E-state index contributed by atoms with van der Waals surface area (Å²) < 4.78 is 50.7. The van der Waals surface area contributed by atoms with Gasteiger partial charge in [-0.3, -0.25) is 14.5 Å². The number of aldehydes is 1. The Labute approximate surface area is 486 Å². The van der Waals surface area contributed by atoms with E-state index in [0.717, 1.165) is 135 Å². The molecule has 1 radical (unpaired) electrons. The van der Waals surface area contributed by atoms with Gasteiger partial charge in [-0.2, -0.15) is 9.97 Å². The molecule has 5 aromatic rings. The topological polar surface area (TPSA) is 197 Å². The number of aryl methyl sites for hydroxylation is 2. The molecule has 0 saturated carbocycles. The van der Waals surface area contributed by atoms with E-state index in [4.69, 9.17) is 34.3 Å². The van der Waals surface area contributed by atoms with Crippen LogP contribution in [0.5, 0.6) is 11.8 Å². The minimum absolute atomic E-state index is 0. The summed E-state index contributed by atoms with van der Waals surface area (Å²) in [5.74, 6) is -0.769. The summed E-state index contributed by atoms with van der Waals surface area (Å²) in [6.45, 7) is 10.5. The molecule has 9 heterocycles. The van der Waals surface area contributed by atoms with E-state index >= 15 is 8.78 Å². The Morgan fingerprint density at radius 3 is 2.43 bits per heavy atom. The smallest absolute Gasteiger partial charge is 0.319 e. The first-order valence-electron chi connectivity index (χ1n) is 28.2. The number of hydrogen-bond acceptors (Lipinski definition) is 14. The Balaban J connectivity index is 0.000000193. The summed E-state index contributed by atoms with van der Waals surface area (Å²) in [6.07, 6.45) is 13.1. The van der Waals surface area contributed by atoms with Crippen molar-refractivity contribution in [1.29, 1.82) is 0 Å². The molecular weight excluding hydrogens is 1090 g/mol. The maximum absolute atomic E-state index is 17.0. The number of nitrogens with zero attached hydrogens (tertiary/aromatic N) is 8. The van der Waals surface area contributed by atoms with E-state index < -0.39 is 11.9 Å². The molecular formula is C59H74F2N9O8Y-. The zero-order valence-corrected chi connectivity index (χ0v) is 48.7. The van der Waals surface area contributed by atoms with Gasteiger partial charge in [-0.1, -0.05) is 13.0 Å². The molecule has 12 rings (SSSR count). The third-order valence-electron chi connectivity index (χ3n) is 17.1. The molecule has 0 spiro atoms. The van der Waals surface area contributed by atoms with Gasteiger partial charge in [0.15, 0.2) is 5.82 Å². The molecule has 421 valence electrons. The van der Waals surface area contributed by atoms with Gasteiger partial charge in [0.2, 0.25) is 5.91 Å². The van der Waals surface area contributed by atoms with Crippen LogP contribution in [0.3, 0.4) is 0 Å². The number of aliphatic hydroxyl groups is 1. The number of ether oxygens (including phenoxy) is 3. The van der Waals surface area contributed by atoms with Gasteiger partial charge in [-0.05, 0) is 155 Å². The molecule has 0 bridgehead atoms.